The third-order valence-corrected chi connectivity index (χ3v) is 2.60. The van der Waals surface area contributed by atoms with Crippen molar-refractivity contribution in [3.8, 4) is 0 Å². The van der Waals surface area contributed by atoms with Gasteiger partial charge in [-0.25, -0.2) is 4.79 Å². The molecule has 4 heteroatoms. The van der Waals surface area contributed by atoms with Crippen molar-refractivity contribution in [3.63, 3.8) is 0 Å². The van der Waals surface area contributed by atoms with Gasteiger partial charge in [-0.15, -0.1) is 0 Å². The van der Waals surface area contributed by atoms with E-state index in [0.29, 0.717) is 17.7 Å². The normalized spacial score (nSPS) is 10.0. The quantitative estimate of drug-likeness (QED) is 0.769. The molecular weight excluding hydrogens is 232 g/mol. The second-order valence-corrected chi connectivity index (χ2v) is 4.09. The molecule has 1 aromatic carbocycles. The van der Waals surface area contributed by atoms with E-state index in [0.717, 1.165) is 11.1 Å². The summed E-state index contributed by atoms with van der Waals surface area (Å²) in [5.41, 5.74) is 2.93. The zero-order valence-electron chi connectivity index (χ0n) is 11.2. The van der Waals surface area contributed by atoms with Crippen LogP contribution in [0.5, 0.6) is 0 Å². The van der Waals surface area contributed by atoms with Gasteiger partial charge in [0.2, 0.25) is 0 Å². The topological polar surface area (TPSA) is 52.6 Å². The van der Waals surface area contributed by atoms with Crippen LogP contribution in [-0.2, 0) is 20.7 Å². The number of benzene rings is 1. The third-order valence-electron chi connectivity index (χ3n) is 2.60. The van der Waals surface area contributed by atoms with E-state index in [2.05, 4.69) is 4.74 Å². The van der Waals surface area contributed by atoms with E-state index >= 15 is 0 Å². The molecule has 0 aromatic heterocycles. The Bertz CT molecular complexity index is 463. The molecule has 0 unspecified atom stereocenters. The Morgan fingerprint density at radius 3 is 2.44 bits per heavy atom. The van der Waals surface area contributed by atoms with Crippen LogP contribution >= 0.6 is 0 Å². The van der Waals surface area contributed by atoms with Crippen LogP contribution in [0.15, 0.2) is 12.1 Å². The number of carbonyl (C=O) groups excluding carboxylic acids is 2. The van der Waals surface area contributed by atoms with E-state index in [9.17, 15) is 9.59 Å². The minimum atomic E-state index is -0.395. The SMILES string of the molecule is CCOC(=O)c1c(C)cc(C)cc1CC(=O)OC. The molecule has 0 bridgehead atoms. The maximum absolute atomic E-state index is 11.9. The fourth-order valence-corrected chi connectivity index (χ4v) is 1.92. The monoisotopic (exact) mass is 250 g/mol. The van der Waals surface area contributed by atoms with E-state index in [1.165, 1.54) is 7.11 Å². The van der Waals surface area contributed by atoms with Gasteiger partial charge in [0.15, 0.2) is 0 Å². The lowest BCUT2D eigenvalue weighted by molar-refractivity contribution is -0.139. The molecule has 0 aliphatic rings. The number of esters is 2. The van der Waals surface area contributed by atoms with Crippen molar-refractivity contribution in [3.05, 3.63) is 34.4 Å². The van der Waals surface area contributed by atoms with Crippen LogP contribution in [-0.4, -0.2) is 25.7 Å². The van der Waals surface area contributed by atoms with Crippen LogP contribution in [0.2, 0.25) is 0 Å². The van der Waals surface area contributed by atoms with Gasteiger partial charge in [-0.1, -0.05) is 17.7 Å². The van der Waals surface area contributed by atoms with Crippen LogP contribution in [0.3, 0.4) is 0 Å². The zero-order valence-corrected chi connectivity index (χ0v) is 11.2. The first-order valence-electron chi connectivity index (χ1n) is 5.83. The largest absolute Gasteiger partial charge is 0.469 e. The van der Waals surface area contributed by atoms with Crippen molar-refractivity contribution in [2.75, 3.05) is 13.7 Å². The van der Waals surface area contributed by atoms with E-state index in [1.54, 1.807) is 6.92 Å². The second-order valence-electron chi connectivity index (χ2n) is 4.09. The van der Waals surface area contributed by atoms with Gasteiger partial charge in [-0.3, -0.25) is 4.79 Å². The summed E-state index contributed by atoms with van der Waals surface area (Å²) in [4.78, 5) is 23.3. The molecule has 1 aromatic rings. The molecule has 0 amide bonds. The number of aryl methyl sites for hydroxylation is 2. The molecular formula is C14H18O4. The van der Waals surface area contributed by atoms with E-state index in [1.807, 2.05) is 26.0 Å². The van der Waals surface area contributed by atoms with E-state index in [-0.39, 0.29) is 12.4 Å². The van der Waals surface area contributed by atoms with Crippen molar-refractivity contribution >= 4 is 11.9 Å². The summed E-state index contributed by atoms with van der Waals surface area (Å²) in [7, 11) is 1.33. The van der Waals surface area contributed by atoms with Gasteiger partial charge >= 0.3 is 11.9 Å². The van der Waals surface area contributed by atoms with E-state index < -0.39 is 5.97 Å². The Hall–Kier alpha value is -1.84. The predicted molar refractivity (Wildman–Crippen MR) is 67.6 cm³/mol. The van der Waals surface area contributed by atoms with Gasteiger partial charge in [0.25, 0.3) is 0 Å². The number of hydrogen-bond acceptors (Lipinski definition) is 4. The van der Waals surface area contributed by atoms with Gasteiger partial charge < -0.3 is 9.47 Å². The maximum atomic E-state index is 11.9. The van der Waals surface area contributed by atoms with Gasteiger partial charge in [-0.05, 0) is 31.9 Å². The summed E-state index contributed by atoms with van der Waals surface area (Å²) in [5, 5.41) is 0. The Balaban J connectivity index is 3.20. The minimum Gasteiger partial charge on any atom is -0.469 e. The van der Waals surface area contributed by atoms with Crippen LogP contribution in [0.1, 0.15) is 34.0 Å². The molecule has 0 aliphatic heterocycles. The average molecular weight is 250 g/mol. The highest BCUT2D eigenvalue weighted by Gasteiger charge is 2.18. The molecule has 0 saturated heterocycles. The van der Waals surface area contributed by atoms with Crippen LogP contribution in [0.25, 0.3) is 0 Å². The standard InChI is InChI=1S/C14H18O4/c1-5-18-14(16)13-10(3)6-9(2)7-11(13)8-12(15)17-4/h6-7H,5,8H2,1-4H3. The summed E-state index contributed by atoms with van der Waals surface area (Å²) in [5.74, 6) is -0.764. The lowest BCUT2D eigenvalue weighted by atomic mass is 9.97. The zero-order chi connectivity index (χ0) is 13.7. The van der Waals surface area contributed by atoms with Crippen molar-refractivity contribution in [2.45, 2.75) is 27.2 Å². The molecule has 0 spiro atoms. The fraction of sp³-hybridized carbons (Fsp3) is 0.429. The van der Waals surface area contributed by atoms with Crippen molar-refractivity contribution in [2.24, 2.45) is 0 Å². The maximum Gasteiger partial charge on any atom is 0.338 e. The highest BCUT2D eigenvalue weighted by molar-refractivity contribution is 5.94. The van der Waals surface area contributed by atoms with Crippen LogP contribution in [0.4, 0.5) is 0 Å². The molecule has 98 valence electrons. The number of carbonyl (C=O) groups is 2. The lowest BCUT2D eigenvalue weighted by Gasteiger charge is -2.12. The summed E-state index contributed by atoms with van der Waals surface area (Å²) >= 11 is 0. The molecule has 1 rings (SSSR count). The summed E-state index contributed by atoms with van der Waals surface area (Å²) in [6, 6.07) is 3.71. The summed E-state index contributed by atoms with van der Waals surface area (Å²) < 4.78 is 9.65. The minimum absolute atomic E-state index is 0.0766. The summed E-state index contributed by atoms with van der Waals surface area (Å²) in [6.07, 6.45) is 0.0766. The molecule has 18 heavy (non-hydrogen) atoms. The molecule has 0 fully saturated rings. The molecule has 0 saturated carbocycles. The van der Waals surface area contributed by atoms with Crippen LogP contribution < -0.4 is 0 Å². The predicted octanol–water partition coefficient (Wildman–Crippen LogP) is 2.20. The second kappa shape index (κ2) is 6.19. The molecule has 0 atom stereocenters. The number of hydrogen-bond donors (Lipinski definition) is 0. The Morgan fingerprint density at radius 1 is 1.22 bits per heavy atom. The number of rotatable bonds is 4. The lowest BCUT2D eigenvalue weighted by Crippen LogP contribution is -2.14. The molecule has 0 N–H and O–H groups in total. The van der Waals surface area contributed by atoms with Gasteiger partial charge in [0, 0.05) is 0 Å². The first-order chi connectivity index (χ1) is 8.49. The fourth-order valence-electron chi connectivity index (χ4n) is 1.92. The smallest absolute Gasteiger partial charge is 0.338 e. The van der Waals surface area contributed by atoms with Gasteiger partial charge in [0.1, 0.15) is 0 Å². The van der Waals surface area contributed by atoms with Crippen molar-refractivity contribution in [1.29, 1.82) is 0 Å². The summed E-state index contributed by atoms with van der Waals surface area (Å²) in [6.45, 7) is 5.81. The molecule has 0 heterocycles. The Labute approximate surface area is 107 Å². The molecule has 4 nitrogen and oxygen atoms in total. The highest BCUT2D eigenvalue weighted by atomic mass is 16.5. The van der Waals surface area contributed by atoms with E-state index in [4.69, 9.17) is 4.74 Å². The van der Waals surface area contributed by atoms with Gasteiger partial charge in [0.05, 0.1) is 25.7 Å². The average Bonchev–Trinajstić information content (AvgIpc) is 2.28. The first kappa shape index (κ1) is 14.2. The Morgan fingerprint density at radius 2 is 1.89 bits per heavy atom. The van der Waals surface area contributed by atoms with Crippen molar-refractivity contribution in [1.82, 2.24) is 0 Å². The highest BCUT2D eigenvalue weighted by Crippen LogP contribution is 2.19. The first-order valence-corrected chi connectivity index (χ1v) is 5.83. The van der Waals surface area contributed by atoms with Crippen LogP contribution in [0, 0.1) is 13.8 Å². The number of ether oxygens (including phenoxy) is 2. The van der Waals surface area contributed by atoms with Crippen molar-refractivity contribution < 1.29 is 19.1 Å². The number of methoxy groups -OCH3 is 1. The molecule has 0 radical (unpaired) electrons. The molecule has 0 aliphatic carbocycles. The third kappa shape index (κ3) is 3.32. The Kier molecular flexibility index (Phi) is 4.89. The van der Waals surface area contributed by atoms with Gasteiger partial charge in [-0.2, -0.15) is 0 Å².